The Labute approximate surface area is 275 Å². The summed E-state index contributed by atoms with van der Waals surface area (Å²) in [4.78, 5) is 52.9. The smallest absolute Gasteiger partial charge is 0.329 e. The standard InChI is InChI=1S/C26H42Br2N2O8.2BrH/c1-5-35-21(31)25(22(32)36-6-2)13-19(15-27)29(17-25)9-11-30(12-10-29)18-26(14-20(30)16-28,23(33)37-7-3)24(34)38-8-4;;/h19-20H,5-18H2,1-4H3;2*1H/q+2;;/p-2. The van der Waals surface area contributed by atoms with Crippen LogP contribution in [0.3, 0.4) is 0 Å². The minimum absolute atomic E-state index is 0. The van der Waals surface area contributed by atoms with E-state index in [0.717, 1.165) is 0 Å². The number of carbonyl (C=O) groups is 4. The van der Waals surface area contributed by atoms with Crippen LogP contribution in [0.2, 0.25) is 0 Å². The van der Waals surface area contributed by atoms with Crippen LogP contribution in [0.5, 0.6) is 0 Å². The van der Waals surface area contributed by atoms with Crippen molar-refractivity contribution in [3.8, 4) is 0 Å². The Hall–Kier alpha value is -0.280. The van der Waals surface area contributed by atoms with E-state index in [-0.39, 0.29) is 72.5 Å². The Bertz CT molecular complexity index is 805. The molecule has 0 aromatic carbocycles. The van der Waals surface area contributed by atoms with E-state index in [4.69, 9.17) is 18.9 Å². The highest BCUT2D eigenvalue weighted by Gasteiger charge is 2.70. The van der Waals surface area contributed by atoms with Crippen molar-refractivity contribution < 1.29 is 81.1 Å². The average Bonchev–Trinajstić information content (AvgIpc) is 3.41. The maximum Gasteiger partial charge on any atom is 0.329 e. The van der Waals surface area contributed by atoms with Gasteiger partial charge in [0, 0.05) is 12.8 Å². The summed E-state index contributed by atoms with van der Waals surface area (Å²) >= 11 is 7.30. The van der Waals surface area contributed by atoms with Crippen molar-refractivity contribution in [1.29, 1.82) is 0 Å². The first-order valence-electron chi connectivity index (χ1n) is 13.6. The lowest BCUT2D eigenvalue weighted by molar-refractivity contribution is -1.04. The fourth-order valence-electron chi connectivity index (χ4n) is 6.96. The van der Waals surface area contributed by atoms with Crippen LogP contribution < -0.4 is 34.0 Å². The summed E-state index contributed by atoms with van der Waals surface area (Å²) in [5, 5.41) is 1.26. The first-order valence-corrected chi connectivity index (χ1v) is 15.9. The number of ether oxygens (including phenoxy) is 4. The molecule has 0 aromatic rings. The van der Waals surface area contributed by atoms with Gasteiger partial charge in [0.05, 0.1) is 37.1 Å². The summed E-state index contributed by atoms with van der Waals surface area (Å²) in [6.45, 7) is 11.1. The van der Waals surface area contributed by atoms with E-state index in [0.29, 0.717) is 71.7 Å². The van der Waals surface area contributed by atoms with Gasteiger partial charge in [0.2, 0.25) is 10.8 Å². The van der Waals surface area contributed by atoms with E-state index < -0.39 is 34.7 Å². The van der Waals surface area contributed by atoms with Crippen molar-refractivity contribution in [3.63, 3.8) is 0 Å². The lowest BCUT2D eigenvalue weighted by Crippen LogP contribution is -3.00. The molecule has 3 aliphatic rings. The third-order valence-electron chi connectivity index (χ3n) is 8.89. The largest absolute Gasteiger partial charge is 1.00 e. The van der Waals surface area contributed by atoms with Crippen molar-refractivity contribution in [2.45, 2.75) is 52.6 Å². The van der Waals surface area contributed by atoms with Crippen LogP contribution in [-0.2, 0) is 38.1 Å². The van der Waals surface area contributed by atoms with Crippen LogP contribution >= 0.6 is 31.9 Å². The number of hydrogen-bond acceptors (Lipinski definition) is 8. The Morgan fingerprint density at radius 1 is 0.600 bits per heavy atom. The second-order valence-corrected chi connectivity index (χ2v) is 12.0. The Morgan fingerprint density at radius 2 is 0.850 bits per heavy atom. The predicted molar refractivity (Wildman–Crippen MR) is 146 cm³/mol. The highest BCUT2D eigenvalue weighted by molar-refractivity contribution is 9.09. The second kappa shape index (κ2) is 15.4. The summed E-state index contributed by atoms with van der Waals surface area (Å²) < 4.78 is 22.8. The van der Waals surface area contributed by atoms with Gasteiger partial charge in [-0.25, -0.2) is 0 Å². The topological polar surface area (TPSA) is 105 Å². The van der Waals surface area contributed by atoms with E-state index in [1.807, 2.05) is 0 Å². The molecule has 0 aromatic heterocycles. The summed E-state index contributed by atoms with van der Waals surface area (Å²) in [7, 11) is 0. The third kappa shape index (κ3) is 6.61. The van der Waals surface area contributed by atoms with Gasteiger partial charge in [-0.2, -0.15) is 0 Å². The van der Waals surface area contributed by atoms with Crippen LogP contribution in [-0.4, -0.2) is 121 Å². The monoisotopic (exact) mass is 826 g/mol. The van der Waals surface area contributed by atoms with Crippen LogP contribution in [0.15, 0.2) is 0 Å². The van der Waals surface area contributed by atoms with Crippen molar-refractivity contribution in [2.24, 2.45) is 10.8 Å². The summed E-state index contributed by atoms with van der Waals surface area (Å²) in [6, 6.07) is 0.0445. The van der Waals surface area contributed by atoms with Crippen LogP contribution in [0.25, 0.3) is 0 Å². The average molecular weight is 830 g/mol. The lowest BCUT2D eigenvalue weighted by Gasteiger charge is -2.51. The first-order chi connectivity index (χ1) is 18.1. The van der Waals surface area contributed by atoms with Gasteiger partial charge in [-0.05, 0) is 27.7 Å². The molecule has 3 aliphatic heterocycles. The second-order valence-electron chi connectivity index (χ2n) is 10.7. The fraction of sp³-hybridized carbons (Fsp3) is 0.846. The zero-order chi connectivity index (χ0) is 28.2. The van der Waals surface area contributed by atoms with E-state index in [9.17, 15) is 19.2 Å². The minimum atomic E-state index is -1.34. The van der Waals surface area contributed by atoms with E-state index >= 15 is 0 Å². The number of nitrogens with zero attached hydrogens (tertiary/aromatic N) is 2. The Morgan fingerprint density at radius 3 is 1.05 bits per heavy atom. The zero-order valence-corrected chi connectivity index (χ0v) is 30.1. The number of rotatable bonds is 10. The van der Waals surface area contributed by atoms with Gasteiger partial charge in [-0.1, -0.05) is 31.9 Å². The van der Waals surface area contributed by atoms with Crippen molar-refractivity contribution in [2.75, 3.05) is 76.4 Å². The van der Waals surface area contributed by atoms with Crippen molar-refractivity contribution in [1.82, 2.24) is 0 Å². The van der Waals surface area contributed by atoms with Gasteiger partial charge in [-0.3, -0.25) is 19.2 Å². The van der Waals surface area contributed by atoms with Crippen molar-refractivity contribution in [3.05, 3.63) is 0 Å². The van der Waals surface area contributed by atoms with Gasteiger partial charge in [0.15, 0.2) is 0 Å². The molecule has 3 saturated heterocycles. The highest BCUT2D eigenvalue weighted by atomic mass is 79.9. The SMILES string of the molecule is CCOC(=O)C1(C(=O)OCC)CC(CBr)[N+]2(CC[N+]3(CC2)CC(C(=O)OCC)(C(=O)OCC)CC3CBr)C1.[Br-].[Br-]. The Kier molecular flexibility index (Phi) is 14.6. The molecule has 0 amide bonds. The normalized spacial score (nSPS) is 29.6. The van der Waals surface area contributed by atoms with Gasteiger partial charge in [0.1, 0.15) is 51.4 Å². The molecule has 0 saturated carbocycles. The molecule has 0 N–H and O–H groups in total. The maximum atomic E-state index is 13.2. The summed E-state index contributed by atoms with van der Waals surface area (Å²) in [5.74, 6) is -2.07. The number of alkyl halides is 2. The van der Waals surface area contributed by atoms with E-state index in [1.165, 1.54) is 0 Å². The number of esters is 4. The number of hydrogen-bond donors (Lipinski definition) is 0. The zero-order valence-electron chi connectivity index (χ0n) is 23.7. The predicted octanol–water partition coefficient (Wildman–Crippen LogP) is -3.80. The van der Waals surface area contributed by atoms with E-state index in [1.54, 1.807) is 27.7 Å². The Balaban J connectivity index is 0.00000400. The van der Waals surface area contributed by atoms with Crippen LogP contribution in [0, 0.1) is 10.8 Å². The van der Waals surface area contributed by atoms with Gasteiger partial charge in [-0.15, -0.1) is 0 Å². The number of halogens is 4. The fourth-order valence-corrected chi connectivity index (χ4v) is 8.64. The molecule has 2 spiro atoms. The van der Waals surface area contributed by atoms with Crippen LogP contribution in [0.4, 0.5) is 0 Å². The molecule has 0 bridgehead atoms. The molecule has 3 rings (SSSR count). The number of quaternary nitrogens is 2. The lowest BCUT2D eigenvalue weighted by atomic mass is 9.85. The minimum Gasteiger partial charge on any atom is -1.00 e. The quantitative estimate of drug-likeness (QED) is 0.0728. The number of carbonyl (C=O) groups excluding carboxylic acids is 4. The third-order valence-corrected chi connectivity index (χ3v) is 10.4. The van der Waals surface area contributed by atoms with Crippen LogP contribution in [0.1, 0.15) is 40.5 Å². The number of piperazine rings is 1. The molecule has 14 heteroatoms. The van der Waals surface area contributed by atoms with Gasteiger partial charge in [0.25, 0.3) is 0 Å². The molecule has 232 valence electrons. The molecule has 2 atom stereocenters. The molecule has 40 heavy (non-hydrogen) atoms. The maximum absolute atomic E-state index is 13.2. The van der Waals surface area contributed by atoms with E-state index in [2.05, 4.69) is 31.9 Å². The molecular formula is C26H42Br4N2O8. The molecule has 2 unspecified atom stereocenters. The highest BCUT2D eigenvalue weighted by Crippen LogP contribution is 2.49. The van der Waals surface area contributed by atoms with Crippen molar-refractivity contribution >= 4 is 55.7 Å². The first kappa shape index (κ1) is 37.7. The van der Waals surface area contributed by atoms with Gasteiger partial charge < -0.3 is 61.9 Å². The summed E-state index contributed by atoms with van der Waals surface area (Å²) in [6.07, 6.45) is 0.709. The van der Waals surface area contributed by atoms with Gasteiger partial charge >= 0.3 is 23.9 Å². The molecular weight excluding hydrogens is 788 g/mol. The molecule has 0 aliphatic carbocycles. The molecule has 3 heterocycles. The molecule has 0 radical (unpaired) electrons. The summed E-state index contributed by atoms with van der Waals surface area (Å²) in [5.41, 5.74) is -2.68. The molecule has 3 fully saturated rings. The molecule has 10 nitrogen and oxygen atoms in total.